The molecule has 0 saturated heterocycles. The van der Waals surface area contributed by atoms with Gasteiger partial charge in [0.2, 0.25) is 0 Å². The fourth-order valence-corrected chi connectivity index (χ4v) is 3.45. The number of fused-ring (bicyclic) bond motifs is 1. The first kappa shape index (κ1) is 18.2. The van der Waals surface area contributed by atoms with Crippen molar-refractivity contribution in [3.05, 3.63) is 77.5 Å². The summed E-state index contributed by atoms with van der Waals surface area (Å²) in [6.07, 6.45) is 1.86. The second-order valence-electron chi connectivity index (χ2n) is 7.00. The Kier molecular flexibility index (Phi) is 5.33. The first-order valence-corrected chi connectivity index (χ1v) is 9.79. The number of hydrogen-bond donors (Lipinski definition) is 1. The lowest BCUT2D eigenvalue weighted by Crippen LogP contribution is -2.36. The minimum Gasteiger partial charge on any atom is -0.370 e. The maximum atomic E-state index is 13.2. The summed E-state index contributed by atoms with van der Waals surface area (Å²) in [4.78, 5) is 24.3. The van der Waals surface area contributed by atoms with Crippen LogP contribution in [0.3, 0.4) is 0 Å². The second kappa shape index (κ2) is 8.21. The van der Waals surface area contributed by atoms with E-state index in [1.54, 1.807) is 6.07 Å². The highest BCUT2D eigenvalue weighted by atomic mass is 16.2. The predicted molar refractivity (Wildman–Crippen MR) is 111 cm³/mol. The number of aromatic nitrogens is 2. The molecule has 0 bridgehead atoms. The lowest BCUT2D eigenvalue weighted by molar-refractivity contribution is 0.0728. The van der Waals surface area contributed by atoms with E-state index in [0.29, 0.717) is 30.4 Å². The number of amides is 1. The number of nitrogens with zero attached hydrogens (tertiary/aromatic N) is 3. The van der Waals surface area contributed by atoms with Crippen molar-refractivity contribution in [3.63, 3.8) is 0 Å². The van der Waals surface area contributed by atoms with Crippen LogP contribution in [0.4, 0.5) is 5.82 Å². The standard InChI is InChI=1S/C23H24N4O/c1-2-13-24-21-15-20(25-22(26-21)18-9-4-3-5-10-18)23(28)27-14-12-17-8-6-7-11-19(17)16-27/h3-11,15H,2,12-14,16H2,1H3,(H,24,25,26). The van der Waals surface area contributed by atoms with Crippen LogP contribution < -0.4 is 5.32 Å². The Morgan fingerprint density at radius 2 is 1.79 bits per heavy atom. The largest absolute Gasteiger partial charge is 0.370 e. The molecule has 1 aliphatic rings. The average Bonchev–Trinajstić information content (AvgIpc) is 2.77. The maximum Gasteiger partial charge on any atom is 0.272 e. The van der Waals surface area contributed by atoms with Gasteiger partial charge in [-0.05, 0) is 24.0 Å². The van der Waals surface area contributed by atoms with Crippen LogP contribution in [0.1, 0.15) is 35.0 Å². The Morgan fingerprint density at radius 3 is 2.57 bits per heavy atom. The monoisotopic (exact) mass is 372 g/mol. The SMILES string of the molecule is CCCNc1cc(C(=O)N2CCc3ccccc3C2)nc(-c2ccccc2)n1. The Hall–Kier alpha value is -3.21. The van der Waals surface area contributed by atoms with Gasteiger partial charge in [-0.1, -0.05) is 61.5 Å². The molecule has 1 aliphatic heterocycles. The normalized spacial score (nSPS) is 13.1. The number of benzene rings is 2. The van der Waals surface area contributed by atoms with Gasteiger partial charge >= 0.3 is 0 Å². The van der Waals surface area contributed by atoms with Crippen molar-refractivity contribution < 1.29 is 4.79 Å². The minimum absolute atomic E-state index is 0.0476. The van der Waals surface area contributed by atoms with Gasteiger partial charge in [0.05, 0.1) is 0 Å². The van der Waals surface area contributed by atoms with Crippen molar-refractivity contribution >= 4 is 11.7 Å². The molecule has 0 unspecified atom stereocenters. The van der Waals surface area contributed by atoms with Gasteiger partial charge in [0.1, 0.15) is 11.5 Å². The van der Waals surface area contributed by atoms with Crippen LogP contribution in [0.2, 0.25) is 0 Å². The van der Waals surface area contributed by atoms with Crippen molar-refractivity contribution in [3.8, 4) is 11.4 Å². The Bertz CT molecular complexity index is 971. The summed E-state index contributed by atoms with van der Waals surface area (Å²) >= 11 is 0. The summed E-state index contributed by atoms with van der Waals surface area (Å²) in [5.74, 6) is 1.22. The molecule has 0 fully saturated rings. The van der Waals surface area contributed by atoms with Crippen molar-refractivity contribution in [1.29, 1.82) is 0 Å². The Labute approximate surface area is 165 Å². The zero-order valence-electron chi connectivity index (χ0n) is 16.1. The highest BCUT2D eigenvalue weighted by Gasteiger charge is 2.23. The van der Waals surface area contributed by atoms with Crippen molar-refractivity contribution in [2.24, 2.45) is 0 Å². The van der Waals surface area contributed by atoms with Crippen LogP contribution in [0.5, 0.6) is 0 Å². The third-order valence-corrected chi connectivity index (χ3v) is 4.95. The van der Waals surface area contributed by atoms with Gasteiger partial charge in [-0.2, -0.15) is 0 Å². The van der Waals surface area contributed by atoms with E-state index in [0.717, 1.165) is 24.9 Å². The van der Waals surface area contributed by atoms with Gasteiger partial charge in [-0.25, -0.2) is 9.97 Å². The molecule has 142 valence electrons. The van der Waals surface area contributed by atoms with E-state index in [4.69, 9.17) is 0 Å². The van der Waals surface area contributed by atoms with Gasteiger partial charge in [0.25, 0.3) is 5.91 Å². The first-order valence-electron chi connectivity index (χ1n) is 9.79. The summed E-state index contributed by atoms with van der Waals surface area (Å²) in [6.45, 7) is 4.23. The molecule has 28 heavy (non-hydrogen) atoms. The molecule has 0 spiro atoms. The van der Waals surface area contributed by atoms with Gasteiger partial charge in [0.15, 0.2) is 5.82 Å². The molecular formula is C23H24N4O. The molecule has 1 N–H and O–H groups in total. The number of carbonyl (C=O) groups excluding carboxylic acids is 1. The first-order chi connectivity index (χ1) is 13.7. The summed E-state index contributed by atoms with van der Waals surface area (Å²) in [5, 5.41) is 3.30. The number of hydrogen-bond acceptors (Lipinski definition) is 4. The van der Waals surface area contributed by atoms with E-state index in [1.807, 2.05) is 41.3 Å². The molecule has 1 aromatic heterocycles. The molecule has 2 aromatic carbocycles. The van der Waals surface area contributed by atoms with E-state index in [9.17, 15) is 4.79 Å². The predicted octanol–water partition coefficient (Wildman–Crippen LogP) is 4.16. The van der Waals surface area contributed by atoms with Gasteiger partial charge in [-0.15, -0.1) is 0 Å². The second-order valence-corrected chi connectivity index (χ2v) is 7.00. The fraction of sp³-hybridized carbons (Fsp3) is 0.261. The van der Waals surface area contributed by atoms with Crippen LogP contribution in [-0.4, -0.2) is 33.9 Å². The number of rotatable bonds is 5. The molecule has 0 saturated carbocycles. The van der Waals surface area contributed by atoms with Crippen molar-refractivity contribution in [2.45, 2.75) is 26.3 Å². The fourth-order valence-electron chi connectivity index (χ4n) is 3.45. The summed E-state index contributed by atoms with van der Waals surface area (Å²) in [7, 11) is 0. The Balaban J connectivity index is 1.65. The quantitative estimate of drug-likeness (QED) is 0.730. The highest BCUT2D eigenvalue weighted by Crippen LogP contribution is 2.22. The molecule has 2 heterocycles. The summed E-state index contributed by atoms with van der Waals surface area (Å²) < 4.78 is 0. The van der Waals surface area contributed by atoms with E-state index < -0.39 is 0 Å². The lowest BCUT2D eigenvalue weighted by atomic mass is 10.00. The zero-order chi connectivity index (χ0) is 19.3. The lowest BCUT2D eigenvalue weighted by Gasteiger charge is -2.28. The van der Waals surface area contributed by atoms with Gasteiger partial charge in [-0.3, -0.25) is 4.79 Å². The van der Waals surface area contributed by atoms with Crippen LogP contribution in [0, 0.1) is 0 Å². The zero-order valence-corrected chi connectivity index (χ0v) is 16.1. The molecule has 1 amide bonds. The molecule has 0 radical (unpaired) electrons. The molecule has 0 atom stereocenters. The molecule has 4 rings (SSSR count). The van der Waals surface area contributed by atoms with E-state index in [1.165, 1.54) is 11.1 Å². The number of anilines is 1. The van der Waals surface area contributed by atoms with Crippen LogP contribution in [0.25, 0.3) is 11.4 Å². The van der Waals surface area contributed by atoms with E-state index in [-0.39, 0.29) is 5.91 Å². The number of nitrogens with one attached hydrogen (secondary N) is 1. The van der Waals surface area contributed by atoms with Crippen LogP contribution >= 0.6 is 0 Å². The number of carbonyl (C=O) groups is 1. The smallest absolute Gasteiger partial charge is 0.272 e. The summed E-state index contributed by atoms with van der Waals surface area (Å²) in [6, 6.07) is 19.9. The Morgan fingerprint density at radius 1 is 1.04 bits per heavy atom. The molecular weight excluding hydrogens is 348 g/mol. The van der Waals surface area contributed by atoms with Gasteiger partial charge < -0.3 is 10.2 Å². The highest BCUT2D eigenvalue weighted by molar-refractivity contribution is 5.93. The van der Waals surface area contributed by atoms with Crippen LogP contribution in [0.15, 0.2) is 60.7 Å². The van der Waals surface area contributed by atoms with Gasteiger partial charge in [0, 0.05) is 31.3 Å². The molecule has 0 aliphatic carbocycles. The third-order valence-electron chi connectivity index (χ3n) is 4.95. The molecule has 3 aromatic rings. The van der Waals surface area contributed by atoms with E-state index in [2.05, 4.69) is 40.4 Å². The maximum absolute atomic E-state index is 13.2. The third kappa shape index (κ3) is 3.88. The molecule has 5 nitrogen and oxygen atoms in total. The van der Waals surface area contributed by atoms with Crippen molar-refractivity contribution in [1.82, 2.24) is 14.9 Å². The molecule has 5 heteroatoms. The minimum atomic E-state index is -0.0476. The van der Waals surface area contributed by atoms with Crippen molar-refractivity contribution in [2.75, 3.05) is 18.4 Å². The van der Waals surface area contributed by atoms with E-state index >= 15 is 0 Å². The topological polar surface area (TPSA) is 58.1 Å². The van der Waals surface area contributed by atoms with Crippen LogP contribution in [-0.2, 0) is 13.0 Å². The summed E-state index contributed by atoms with van der Waals surface area (Å²) in [5.41, 5.74) is 3.88. The average molecular weight is 372 g/mol.